The van der Waals surface area contributed by atoms with Crippen LogP contribution in [0.15, 0.2) is 0 Å². The monoisotopic (exact) mass is 336 g/mol. The van der Waals surface area contributed by atoms with Gasteiger partial charge in [0.15, 0.2) is 0 Å². The lowest BCUT2D eigenvalue weighted by Gasteiger charge is -2.42. The summed E-state index contributed by atoms with van der Waals surface area (Å²) in [6.45, 7) is 16.4. The molecule has 3 rings (SSSR count). The molecule has 0 amide bonds. The summed E-state index contributed by atoms with van der Waals surface area (Å²) >= 11 is 0. The zero-order chi connectivity index (χ0) is 17.5. The van der Waals surface area contributed by atoms with E-state index >= 15 is 0 Å². The maximum Gasteiger partial charge on any atom is 0.227 e. The van der Waals surface area contributed by atoms with Gasteiger partial charge in [-0.25, -0.2) is 0 Å². The molecular formula is C18H32N4O2. The highest BCUT2D eigenvalue weighted by Crippen LogP contribution is 2.30. The molecule has 0 N–H and O–H groups in total. The lowest BCUT2D eigenvalue weighted by atomic mass is 9.95. The van der Waals surface area contributed by atoms with E-state index in [1.165, 1.54) is 0 Å². The van der Waals surface area contributed by atoms with Gasteiger partial charge in [0.05, 0.1) is 24.4 Å². The Morgan fingerprint density at radius 3 is 2.58 bits per heavy atom. The van der Waals surface area contributed by atoms with E-state index < -0.39 is 0 Å². The Hall–Kier alpha value is -1.14. The first-order valence-corrected chi connectivity index (χ1v) is 9.14. The number of morpholine rings is 1. The third-order valence-electron chi connectivity index (χ3n) is 4.66. The second kappa shape index (κ2) is 6.30. The van der Waals surface area contributed by atoms with Crippen LogP contribution < -0.4 is 4.90 Å². The Bertz CT molecular complexity index is 570. The van der Waals surface area contributed by atoms with Crippen molar-refractivity contribution in [2.24, 2.45) is 0 Å². The largest absolute Gasteiger partial charge is 0.376 e. The van der Waals surface area contributed by atoms with Crippen LogP contribution in [0.5, 0.6) is 0 Å². The number of anilines is 1. The van der Waals surface area contributed by atoms with Gasteiger partial charge in [-0.2, -0.15) is 0 Å². The fraction of sp³-hybridized carbons (Fsp3) is 0.889. The summed E-state index contributed by atoms with van der Waals surface area (Å²) in [7, 11) is 0. The summed E-state index contributed by atoms with van der Waals surface area (Å²) in [4.78, 5) is 2.32. The van der Waals surface area contributed by atoms with Crippen molar-refractivity contribution in [2.45, 2.75) is 84.2 Å². The average Bonchev–Trinajstić information content (AvgIpc) is 3.05. The first-order valence-electron chi connectivity index (χ1n) is 9.14. The summed E-state index contributed by atoms with van der Waals surface area (Å²) in [5, 5.41) is 9.13. The van der Waals surface area contributed by atoms with Crippen molar-refractivity contribution in [3.8, 4) is 0 Å². The van der Waals surface area contributed by atoms with Gasteiger partial charge in [0.2, 0.25) is 5.95 Å². The number of aromatic nitrogens is 3. The molecule has 1 aromatic rings. The molecule has 2 saturated heterocycles. The van der Waals surface area contributed by atoms with E-state index in [2.05, 4.69) is 61.2 Å². The highest BCUT2D eigenvalue weighted by molar-refractivity contribution is 5.34. The van der Waals surface area contributed by atoms with Crippen LogP contribution in [0.3, 0.4) is 0 Å². The molecular weight excluding hydrogens is 304 g/mol. The second-order valence-electron chi connectivity index (χ2n) is 8.89. The molecule has 6 nitrogen and oxygen atoms in total. The molecule has 0 aliphatic carbocycles. The Kier molecular flexibility index (Phi) is 4.64. The molecule has 2 aliphatic rings. The van der Waals surface area contributed by atoms with E-state index in [1.807, 2.05) is 0 Å². The lowest BCUT2D eigenvalue weighted by molar-refractivity contribution is -0.0755. The molecule has 6 heteroatoms. The van der Waals surface area contributed by atoms with Crippen molar-refractivity contribution in [1.29, 1.82) is 0 Å². The molecule has 0 spiro atoms. The predicted molar refractivity (Wildman–Crippen MR) is 94.5 cm³/mol. The van der Waals surface area contributed by atoms with Crippen LogP contribution in [0.4, 0.5) is 5.95 Å². The summed E-state index contributed by atoms with van der Waals surface area (Å²) in [5.74, 6) is 1.99. The van der Waals surface area contributed by atoms with Gasteiger partial charge >= 0.3 is 0 Å². The van der Waals surface area contributed by atoms with Gasteiger partial charge < -0.3 is 14.4 Å². The van der Waals surface area contributed by atoms with Crippen molar-refractivity contribution in [1.82, 2.24) is 14.8 Å². The molecule has 0 saturated carbocycles. The van der Waals surface area contributed by atoms with E-state index in [-0.39, 0.29) is 23.2 Å². The minimum Gasteiger partial charge on any atom is -0.376 e. The van der Waals surface area contributed by atoms with E-state index in [0.717, 1.165) is 50.9 Å². The van der Waals surface area contributed by atoms with E-state index in [1.54, 1.807) is 0 Å². The third kappa shape index (κ3) is 3.75. The van der Waals surface area contributed by atoms with Gasteiger partial charge in [0, 0.05) is 25.1 Å². The van der Waals surface area contributed by atoms with Gasteiger partial charge in [-0.15, -0.1) is 10.2 Å². The summed E-state index contributed by atoms with van der Waals surface area (Å²) in [5.41, 5.74) is -0.225. The first-order chi connectivity index (χ1) is 11.2. The molecule has 0 radical (unpaired) electrons. The molecule has 2 atom stereocenters. The number of hydrogen-bond acceptors (Lipinski definition) is 5. The Morgan fingerprint density at radius 2 is 2.00 bits per heavy atom. The van der Waals surface area contributed by atoms with Gasteiger partial charge in [0.1, 0.15) is 5.82 Å². The fourth-order valence-electron chi connectivity index (χ4n) is 3.85. The van der Waals surface area contributed by atoms with Gasteiger partial charge in [-0.3, -0.25) is 4.57 Å². The average molecular weight is 336 g/mol. The summed E-state index contributed by atoms with van der Waals surface area (Å²) in [6.07, 6.45) is 2.72. The first kappa shape index (κ1) is 17.7. The van der Waals surface area contributed by atoms with Gasteiger partial charge in [0.25, 0.3) is 0 Å². The molecule has 3 heterocycles. The van der Waals surface area contributed by atoms with E-state index in [4.69, 9.17) is 9.47 Å². The van der Waals surface area contributed by atoms with Crippen molar-refractivity contribution in [2.75, 3.05) is 24.6 Å². The number of nitrogens with zero attached hydrogens (tertiary/aromatic N) is 4. The van der Waals surface area contributed by atoms with Crippen LogP contribution in [0.2, 0.25) is 0 Å². The second-order valence-corrected chi connectivity index (χ2v) is 8.89. The quantitative estimate of drug-likeness (QED) is 0.849. The zero-order valence-electron chi connectivity index (χ0n) is 16.0. The maximum atomic E-state index is 6.05. The Labute approximate surface area is 145 Å². The third-order valence-corrected chi connectivity index (χ3v) is 4.66. The van der Waals surface area contributed by atoms with Crippen molar-refractivity contribution in [3.05, 3.63) is 5.82 Å². The van der Waals surface area contributed by atoms with Gasteiger partial charge in [-0.1, -0.05) is 20.8 Å². The molecule has 24 heavy (non-hydrogen) atoms. The highest BCUT2D eigenvalue weighted by atomic mass is 16.5. The summed E-state index contributed by atoms with van der Waals surface area (Å²) in [6, 6.07) is 0. The highest BCUT2D eigenvalue weighted by Gasteiger charge is 2.35. The van der Waals surface area contributed by atoms with Crippen LogP contribution >= 0.6 is 0 Å². The molecule has 2 aliphatic heterocycles. The van der Waals surface area contributed by atoms with E-state index in [9.17, 15) is 0 Å². The normalized spacial score (nSPS) is 27.7. The topological polar surface area (TPSA) is 52.4 Å². The molecule has 1 aromatic heterocycles. The summed E-state index contributed by atoms with van der Waals surface area (Å²) < 4.78 is 14.2. The minimum absolute atomic E-state index is 0.0444. The van der Waals surface area contributed by atoms with Crippen LogP contribution in [-0.2, 0) is 21.4 Å². The van der Waals surface area contributed by atoms with Crippen molar-refractivity contribution < 1.29 is 9.47 Å². The van der Waals surface area contributed by atoms with Crippen LogP contribution in [0, 0.1) is 0 Å². The van der Waals surface area contributed by atoms with Crippen LogP contribution in [0.1, 0.15) is 60.2 Å². The fourth-order valence-corrected chi connectivity index (χ4v) is 3.85. The Balaban J connectivity index is 1.93. The molecule has 0 aromatic carbocycles. The number of rotatable bonds is 3. The molecule has 2 unspecified atom stereocenters. The van der Waals surface area contributed by atoms with Crippen molar-refractivity contribution >= 4 is 5.95 Å². The molecule has 2 fully saturated rings. The van der Waals surface area contributed by atoms with E-state index in [0.29, 0.717) is 0 Å². The van der Waals surface area contributed by atoms with Gasteiger partial charge in [-0.05, 0) is 33.6 Å². The Morgan fingerprint density at radius 1 is 1.25 bits per heavy atom. The predicted octanol–water partition coefficient (Wildman–Crippen LogP) is 2.76. The smallest absolute Gasteiger partial charge is 0.227 e. The maximum absolute atomic E-state index is 6.05. The van der Waals surface area contributed by atoms with Crippen LogP contribution in [-0.4, -0.2) is 52.3 Å². The number of hydrogen-bond donors (Lipinski definition) is 0. The lowest BCUT2D eigenvalue weighted by Crippen LogP contribution is -2.52. The minimum atomic E-state index is -0.180. The molecule has 0 bridgehead atoms. The van der Waals surface area contributed by atoms with Crippen molar-refractivity contribution in [3.63, 3.8) is 0 Å². The van der Waals surface area contributed by atoms with Crippen LogP contribution in [0.25, 0.3) is 0 Å². The zero-order valence-corrected chi connectivity index (χ0v) is 16.0. The standard InChI is InChI=1S/C18H32N4O2/c1-13-10-21(12-18(5,6)24-13)16-20-19-15(17(2,3)4)22(16)11-14-8-7-9-23-14/h13-14H,7-12H2,1-6H3. The SMILES string of the molecule is CC1CN(c2nnc(C(C)(C)C)n2CC2CCCO2)CC(C)(C)O1. The molecule has 136 valence electrons. The number of ether oxygens (including phenoxy) is 2.